The largest absolute Gasteiger partial charge is 0.298 e. The number of carbonyl (C=O) groups excluding carboxylic acids is 1. The predicted molar refractivity (Wildman–Crippen MR) is 78.6 cm³/mol. The van der Waals surface area contributed by atoms with Crippen molar-refractivity contribution in [3.8, 4) is 0 Å². The number of hydrogen-bond donors (Lipinski definition) is 0. The summed E-state index contributed by atoms with van der Waals surface area (Å²) in [6.07, 6.45) is 19.7. The average Bonchev–Trinajstić information content (AvgIpc) is 2.47. The maximum absolute atomic E-state index is 12.7. The second-order valence-corrected chi connectivity index (χ2v) is 5.91. The average molecular weight is 254 g/mol. The van der Waals surface area contributed by atoms with Gasteiger partial charge in [-0.25, -0.2) is 0 Å². The first-order chi connectivity index (χ1) is 9.33. The van der Waals surface area contributed by atoms with Gasteiger partial charge in [-0.3, -0.25) is 4.79 Å². The van der Waals surface area contributed by atoms with Crippen molar-refractivity contribution in [1.29, 1.82) is 0 Å². The van der Waals surface area contributed by atoms with Gasteiger partial charge in [0, 0.05) is 11.8 Å². The molecule has 19 heavy (non-hydrogen) atoms. The number of carbonyl (C=O) groups is 1. The van der Waals surface area contributed by atoms with Crippen LogP contribution in [0.4, 0.5) is 0 Å². The number of unbranched alkanes of at least 4 members (excludes halogenated alkanes) is 1. The van der Waals surface area contributed by atoms with E-state index in [1.165, 1.54) is 24.8 Å². The minimum Gasteiger partial charge on any atom is -0.298 e. The van der Waals surface area contributed by atoms with Crippen molar-refractivity contribution in [1.82, 2.24) is 0 Å². The number of fused-ring (bicyclic) bond motifs is 2. The lowest BCUT2D eigenvalue weighted by Crippen LogP contribution is -2.42. The second-order valence-electron chi connectivity index (χ2n) is 5.91. The first-order valence-electron chi connectivity index (χ1n) is 7.58. The summed E-state index contributed by atoms with van der Waals surface area (Å²) in [6.45, 7) is 2.24. The van der Waals surface area contributed by atoms with Crippen LogP contribution in [-0.2, 0) is 4.79 Å². The van der Waals surface area contributed by atoms with Gasteiger partial charge in [0.1, 0.15) is 5.78 Å². The smallest absolute Gasteiger partial charge is 0.147 e. The van der Waals surface area contributed by atoms with E-state index in [9.17, 15) is 4.79 Å². The molecule has 3 rings (SSSR count). The van der Waals surface area contributed by atoms with Crippen molar-refractivity contribution in [2.45, 2.75) is 32.6 Å². The number of hydrogen-bond acceptors (Lipinski definition) is 1. The van der Waals surface area contributed by atoms with Crippen LogP contribution in [0.1, 0.15) is 32.6 Å². The normalized spacial score (nSPS) is 35.8. The lowest BCUT2D eigenvalue weighted by molar-refractivity contribution is -0.127. The highest BCUT2D eigenvalue weighted by Gasteiger charge is 2.44. The van der Waals surface area contributed by atoms with Crippen molar-refractivity contribution in [3.63, 3.8) is 0 Å². The first kappa shape index (κ1) is 12.7. The molecule has 1 nitrogen and oxygen atoms in total. The van der Waals surface area contributed by atoms with E-state index in [1.54, 1.807) is 0 Å². The van der Waals surface area contributed by atoms with Crippen LogP contribution in [0.15, 0.2) is 48.1 Å². The molecule has 0 aliphatic heterocycles. The summed E-state index contributed by atoms with van der Waals surface area (Å²) in [5.74, 6) is 1.69. The zero-order valence-corrected chi connectivity index (χ0v) is 11.6. The van der Waals surface area contributed by atoms with E-state index in [4.69, 9.17) is 0 Å². The Labute approximate surface area is 115 Å². The molecule has 0 bridgehead atoms. The molecule has 0 spiro atoms. The SMILES string of the molecule is CCCCC1C2=CC=CCC2C(=O)C2C=CC=CC21. The molecule has 0 aromatic carbocycles. The summed E-state index contributed by atoms with van der Waals surface area (Å²) >= 11 is 0. The third kappa shape index (κ3) is 2.16. The van der Waals surface area contributed by atoms with Crippen molar-refractivity contribution < 1.29 is 4.79 Å². The van der Waals surface area contributed by atoms with Gasteiger partial charge in [-0.1, -0.05) is 67.9 Å². The fourth-order valence-electron chi connectivity index (χ4n) is 3.84. The molecule has 0 saturated heterocycles. The minimum absolute atomic E-state index is 0.125. The molecule has 1 fully saturated rings. The van der Waals surface area contributed by atoms with E-state index >= 15 is 0 Å². The number of Topliss-reactive ketones (excluding diaryl/α,β-unsaturated/α-hetero) is 1. The van der Waals surface area contributed by atoms with Crippen molar-refractivity contribution in [2.24, 2.45) is 23.7 Å². The van der Waals surface area contributed by atoms with E-state index in [1.807, 2.05) is 6.08 Å². The van der Waals surface area contributed by atoms with E-state index in [-0.39, 0.29) is 11.8 Å². The molecule has 3 aliphatic carbocycles. The highest BCUT2D eigenvalue weighted by molar-refractivity contribution is 5.90. The third-order valence-corrected chi connectivity index (χ3v) is 4.81. The van der Waals surface area contributed by atoms with Gasteiger partial charge < -0.3 is 0 Å². The van der Waals surface area contributed by atoms with Gasteiger partial charge in [0.25, 0.3) is 0 Å². The van der Waals surface area contributed by atoms with Gasteiger partial charge in [-0.15, -0.1) is 0 Å². The highest BCUT2D eigenvalue weighted by atomic mass is 16.1. The number of ketones is 1. The molecule has 4 atom stereocenters. The fourth-order valence-corrected chi connectivity index (χ4v) is 3.84. The van der Waals surface area contributed by atoms with Crippen LogP contribution in [0.5, 0.6) is 0 Å². The van der Waals surface area contributed by atoms with E-state index in [0.717, 1.165) is 6.42 Å². The lowest BCUT2D eigenvalue weighted by Gasteiger charge is -2.42. The lowest BCUT2D eigenvalue weighted by atomic mass is 9.60. The van der Waals surface area contributed by atoms with Gasteiger partial charge in [0.2, 0.25) is 0 Å². The van der Waals surface area contributed by atoms with Crippen LogP contribution in [0, 0.1) is 23.7 Å². The Bertz CT molecular complexity index is 474. The summed E-state index contributed by atoms with van der Waals surface area (Å²) in [6, 6.07) is 0. The first-order valence-corrected chi connectivity index (χ1v) is 7.58. The Morgan fingerprint density at radius 2 is 2.05 bits per heavy atom. The van der Waals surface area contributed by atoms with Crippen LogP contribution in [-0.4, -0.2) is 5.78 Å². The minimum atomic E-state index is 0.125. The molecular formula is C18H22O. The third-order valence-electron chi connectivity index (χ3n) is 4.81. The molecule has 3 aliphatic rings. The van der Waals surface area contributed by atoms with Crippen LogP contribution in [0.25, 0.3) is 0 Å². The van der Waals surface area contributed by atoms with Crippen LogP contribution in [0.3, 0.4) is 0 Å². The van der Waals surface area contributed by atoms with Gasteiger partial charge >= 0.3 is 0 Å². The molecule has 0 amide bonds. The Morgan fingerprint density at radius 3 is 2.89 bits per heavy atom. The summed E-state index contributed by atoms with van der Waals surface area (Å²) in [5, 5.41) is 0. The van der Waals surface area contributed by atoms with Crippen molar-refractivity contribution in [3.05, 3.63) is 48.1 Å². The maximum atomic E-state index is 12.7. The summed E-state index contributed by atoms with van der Waals surface area (Å²) in [7, 11) is 0. The van der Waals surface area contributed by atoms with E-state index in [0.29, 0.717) is 17.6 Å². The van der Waals surface area contributed by atoms with E-state index < -0.39 is 0 Å². The molecule has 4 unspecified atom stereocenters. The summed E-state index contributed by atoms with van der Waals surface area (Å²) in [4.78, 5) is 12.7. The van der Waals surface area contributed by atoms with Crippen molar-refractivity contribution in [2.75, 3.05) is 0 Å². The zero-order chi connectivity index (χ0) is 13.2. The molecule has 0 radical (unpaired) electrons. The molecule has 0 N–H and O–H groups in total. The number of allylic oxidation sites excluding steroid dienone is 8. The van der Waals surface area contributed by atoms with E-state index in [2.05, 4.69) is 43.4 Å². The molecule has 0 aromatic heterocycles. The Kier molecular flexibility index (Phi) is 3.54. The zero-order valence-electron chi connectivity index (χ0n) is 11.6. The van der Waals surface area contributed by atoms with Crippen molar-refractivity contribution >= 4 is 5.78 Å². The predicted octanol–water partition coefficient (Wildman–Crippen LogP) is 4.24. The summed E-state index contributed by atoms with van der Waals surface area (Å²) < 4.78 is 0. The van der Waals surface area contributed by atoms with Gasteiger partial charge in [-0.2, -0.15) is 0 Å². The molecule has 100 valence electrons. The molecule has 1 saturated carbocycles. The fraction of sp³-hybridized carbons (Fsp3) is 0.500. The van der Waals surface area contributed by atoms with Gasteiger partial charge in [0.15, 0.2) is 0 Å². The Hall–Kier alpha value is -1.37. The monoisotopic (exact) mass is 254 g/mol. The maximum Gasteiger partial charge on any atom is 0.147 e. The summed E-state index contributed by atoms with van der Waals surface area (Å²) in [5.41, 5.74) is 1.40. The Morgan fingerprint density at radius 1 is 1.21 bits per heavy atom. The van der Waals surface area contributed by atoms with Crippen LogP contribution < -0.4 is 0 Å². The Balaban J connectivity index is 1.95. The molecular weight excluding hydrogens is 232 g/mol. The standard InChI is InChI=1S/C18H22O/c1-2-3-8-13-14-9-4-6-11-16(14)18(19)17-12-7-5-10-15(13)17/h4-7,9-11,13-14,16-17H,2-3,8,12H2,1H3. The van der Waals surface area contributed by atoms with Gasteiger partial charge in [-0.05, 0) is 24.7 Å². The van der Waals surface area contributed by atoms with Crippen LogP contribution in [0.2, 0.25) is 0 Å². The molecule has 0 heterocycles. The highest BCUT2D eigenvalue weighted by Crippen LogP contribution is 2.46. The topological polar surface area (TPSA) is 17.1 Å². The second kappa shape index (κ2) is 5.32. The number of rotatable bonds is 3. The quantitative estimate of drug-likeness (QED) is 0.736. The van der Waals surface area contributed by atoms with Crippen LogP contribution >= 0.6 is 0 Å². The molecule has 0 aromatic rings. The molecule has 1 heteroatoms. The van der Waals surface area contributed by atoms with Gasteiger partial charge in [0.05, 0.1) is 0 Å².